The third-order valence-corrected chi connectivity index (χ3v) is 8.25. The highest BCUT2D eigenvalue weighted by Crippen LogP contribution is 2.33. The zero-order chi connectivity index (χ0) is 45.0. The third kappa shape index (κ3) is 19.1. The van der Waals surface area contributed by atoms with Crippen LogP contribution in [0.1, 0.15) is 98.8 Å². The van der Waals surface area contributed by atoms with Crippen LogP contribution in [0.2, 0.25) is 0 Å². The first-order valence-electron chi connectivity index (χ1n) is 20.0. The monoisotopic (exact) mass is 861 g/mol. The van der Waals surface area contributed by atoms with Crippen LogP contribution in [-0.4, -0.2) is 103 Å². The van der Waals surface area contributed by atoms with Gasteiger partial charge < -0.3 is 62.9 Å². The summed E-state index contributed by atoms with van der Waals surface area (Å²) in [6.45, 7) is 9.71. The molecule has 1 aromatic carbocycles. The number of amides is 1. The van der Waals surface area contributed by atoms with E-state index in [1.807, 2.05) is 18.2 Å². The number of hydrogen-bond donors (Lipinski definition) is 3. The first-order valence-corrected chi connectivity index (χ1v) is 20.0. The molecule has 1 aliphatic carbocycles. The van der Waals surface area contributed by atoms with Crippen molar-refractivity contribution in [3.63, 3.8) is 0 Å². The van der Waals surface area contributed by atoms with E-state index in [0.717, 1.165) is 27.7 Å². The van der Waals surface area contributed by atoms with E-state index < -0.39 is 89.7 Å². The van der Waals surface area contributed by atoms with Crippen LogP contribution in [0.3, 0.4) is 0 Å². The van der Waals surface area contributed by atoms with Gasteiger partial charge in [0.1, 0.15) is 17.8 Å². The SMILES string of the molecule is CC(=O)O/C(=C(\OC(C)=O)[C@@H](O)O[C@H](CCOC1C=CC=CC1)/C(OC(C)=O)=C(/OC(C)=O)[C@@H](O)OCCCCCNC(=O)OC(C)(C)C)[C@@H]1CCOC(c2ccccc2)O1. The minimum Gasteiger partial charge on any atom is -0.444 e. The van der Waals surface area contributed by atoms with Crippen molar-refractivity contribution in [1.82, 2.24) is 5.32 Å². The summed E-state index contributed by atoms with van der Waals surface area (Å²) in [6, 6.07) is 8.87. The average Bonchev–Trinajstić information content (AvgIpc) is 3.19. The van der Waals surface area contributed by atoms with Crippen LogP contribution in [0.4, 0.5) is 4.79 Å². The molecule has 3 N–H and O–H groups in total. The Balaban J connectivity index is 1.98. The topological polar surface area (TPSA) is 230 Å². The first-order chi connectivity index (χ1) is 28.9. The molecule has 1 heterocycles. The van der Waals surface area contributed by atoms with Gasteiger partial charge in [-0.1, -0.05) is 54.6 Å². The predicted octanol–water partition coefficient (Wildman–Crippen LogP) is 5.19. The minimum absolute atomic E-state index is 0.0787. The molecule has 338 valence electrons. The van der Waals surface area contributed by atoms with Crippen molar-refractivity contribution in [3.05, 3.63) is 83.2 Å². The first kappa shape index (κ1) is 50.4. The summed E-state index contributed by atoms with van der Waals surface area (Å²) in [7, 11) is 0. The van der Waals surface area contributed by atoms with Crippen LogP contribution in [0, 0.1) is 0 Å². The van der Waals surface area contributed by atoms with Crippen LogP contribution in [0.25, 0.3) is 0 Å². The quantitative estimate of drug-likeness (QED) is 0.0448. The summed E-state index contributed by atoms with van der Waals surface area (Å²) < 4.78 is 56.7. The summed E-state index contributed by atoms with van der Waals surface area (Å²) in [6.07, 6.45) is 0.384. The highest BCUT2D eigenvalue weighted by Gasteiger charge is 2.38. The van der Waals surface area contributed by atoms with Crippen LogP contribution < -0.4 is 5.32 Å². The van der Waals surface area contributed by atoms with E-state index in [1.165, 1.54) is 0 Å². The zero-order valence-electron chi connectivity index (χ0n) is 35.7. The summed E-state index contributed by atoms with van der Waals surface area (Å²) in [5.74, 6) is -6.01. The number of benzene rings is 1. The van der Waals surface area contributed by atoms with E-state index in [4.69, 9.17) is 47.4 Å². The molecule has 2 aliphatic rings. The molecule has 6 atom stereocenters. The normalized spacial score (nSPS) is 19.9. The van der Waals surface area contributed by atoms with Crippen molar-refractivity contribution < 1.29 is 81.6 Å². The van der Waals surface area contributed by atoms with Crippen molar-refractivity contribution >= 4 is 30.0 Å². The zero-order valence-corrected chi connectivity index (χ0v) is 35.7. The van der Waals surface area contributed by atoms with Gasteiger partial charge in [-0.25, -0.2) is 4.79 Å². The van der Waals surface area contributed by atoms with Gasteiger partial charge in [0, 0.05) is 52.6 Å². The number of nitrogens with one attached hydrogen (secondary N) is 1. The molecule has 2 unspecified atom stereocenters. The van der Waals surface area contributed by atoms with Crippen molar-refractivity contribution in [3.8, 4) is 0 Å². The fourth-order valence-electron chi connectivity index (χ4n) is 5.80. The van der Waals surface area contributed by atoms with E-state index in [0.29, 0.717) is 37.8 Å². The summed E-state index contributed by atoms with van der Waals surface area (Å²) >= 11 is 0. The Morgan fingerprint density at radius 3 is 2.08 bits per heavy atom. The predicted molar refractivity (Wildman–Crippen MR) is 214 cm³/mol. The molecule has 1 saturated heterocycles. The number of aliphatic hydroxyl groups is 2. The van der Waals surface area contributed by atoms with Crippen molar-refractivity contribution in [2.75, 3.05) is 26.4 Å². The van der Waals surface area contributed by atoms with Gasteiger partial charge in [-0.15, -0.1) is 0 Å². The fourth-order valence-corrected chi connectivity index (χ4v) is 5.80. The molecular weight excluding hydrogens is 802 g/mol. The van der Waals surface area contributed by atoms with Crippen LogP contribution in [0.15, 0.2) is 77.7 Å². The molecule has 1 fully saturated rings. The second-order valence-electron chi connectivity index (χ2n) is 14.8. The lowest BCUT2D eigenvalue weighted by atomic mass is 10.1. The molecule has 1 aliphatic heterocycles. The van der Waals surface area contributed by atoms with Crippen LogP contribution >= 0.6 is 0 Å². The standard InChI is InChI=1S/C43H59NO17/c1-27(45)55-35(37(57-29(3)47)39(49)53-24-16-10-15-23-44-42(51)61-43(5,6)7)33(21-25-52-32-19-13-9-14-20-32)59-40(50)38(58-30(4)48)36(56-28(2)46)34-22-26-54-41(60-34)31-17-11-8-12-18-31/h8-9,11-14,17-19,32-34,39-41,49-50H,10,15-16,20-26H2,1-7H3,(H,44,51)/b37-35-,38-36-/t32?,33-,34+,39+,40+,41?/m1/s1. The lowest BCUT2D eigenvalue weighted by molar-refractivity contribution is -0.219. The molecule has 0 spiro atoms. The van der Waals surface area contributed by atoms with Crippen LogP contribution in [-0.2, 0) is 66.5 Å². The van der Waals surface area contributed by atoms with E-state index in [2.05, 4.69) is 5.32 Å². The Labute approximate surface area is 355 Å². The van der Waals surface area contributed by atoms with Gasteiger partial charge in [0.2, 0.25) is 24.1 Å². The smallest absolute Gasteiger partial charge is 0.407 e. The molecule has 61 heavy (non-hydrogen) atoms. The molecule has 0 radical (unpaired) electrons. The molecule has 0 saturated carbocycles. The highest BCUT2D eigenvalue weighted by atomic mass is 16.7. The molecule has 0 bridgehead atoms. The Morgan fingerprint density at radius 2 is 1.46 bits per heavy atom. The number of rotatable bonds is 22. The van der Waals surface area contributed by atoms with Gasteiger partial charge in [0.15, 0.2) is 17.8 Å². The van der Waals surface area contributed by atoms with E-state index in [9.17, 15) is 34.2 Å². The molecule has 1 amide bonds. The molecule has 18 nitrogen and oxygen atoms in total. The van der Waals surface area contributed by atoms with Gasteiger partial charge >= 0.3 is 30.0 Å². The number of carbonyl (C=O) groups is 5. The number of esters is 4. The summed E-state index contributed by atoms with van der Waals surface area (Å²) in [5.41, 5.74) is -0.0134. The lowest BCUT2D eigenvalue weighted by Crippen LogP contribution is -2.36. The van der Waals surface area contributed by atoms with Crippen LogP contribution in [0.5, 0.6) is 0 Å². The van der Waals surface area contributed by atoms with E-state index >= 15 is 0 Å². The number of hydrogen-bond acceptors (Lipinski definition) is 17. The highest BCUT2D eigenvalue weighted by molar-refractivity contribution is 5.70. The fraction of sp³-hybridized carbons (Fsp3) is 0.558. The maximum Gasteiger partial charge on any atom is 0.407 e. The summed E-state index contributed by atoms with van der Waals surface area (Å²) in [4.78, 5) is 62.1. The minimum atomic E-state index is -2.26. The van der Waals surface area contributed by atoms with E-state index in [1.54, 1.807) is 57.2 Å². The second-order valence-corrected chi connectivity index (χ2v) is 14.8. The third-order valence-electron chi connectivity index (χ3n) is 8.25. The molecular formula is C43H59NO17. The van der Waals surface area contributed by atoms with Gasteiger partial charge in [0.25, 0.3) is 0 Å². The van der Waals surface area contributed by atoms with Gasteiger partial charge in [-0.05, 0) is 46.5 Å². The van der Waals surface area contributed by atoms with E-state index in [-0.39, 0.29) is 38.8 Å². The maximum atomic E-state index is 12.6. The number of aliphatic hydroxyl groups excluding tert-OH is 2. The van der Waals surface area contributed by atoms with Gasteiger partial charge in [0.05, 0.1) is 25.9 Å². The Kier molecular flexibility index (Phi) is 21.3. The second kappa shape index (κ2) is 25.7. The number of unbranched alkanes of at least 4 members (excludes halogenated alkanes) is 2. The number of ether oxygens (including phenoxy) is 10. The van der Waals surface area contributed by atoms with Gasteiger partial charge in [-0.2, -0.15) is 0 Å². The number of carbonyl (C=O) groups excluding carboxylic acids is 5. The lowest BCUT2D eigenvalue weighted by Gasteiger charge is -2.33. The average molecular weight is 862 g/mol. The molecule has 3 rings (SSSR count). The van der Waals surface area contributed by atoms with Crippen molar-refractivity contribution in [1.29, 1.82) is 0 Å². The Hall–Kier alpha value is -4.95. The Bertz CT molecular complexity index is 1730. The molecule has 18 heteroatoms. The molecule has 1 aromatic rings. The Morgan fingerprint density at radius 1 is 0.803 bits per heavy atom. The van der Waals surface area contributed by atoms with Crippen molar-refractivity contribution in [2.24, 2.45) is 0 Å². The van der Waals surface area contributed by atoms with Gasteiger partial charge in [-0.3, -0.25) is 19.2 Å². The number of alkyl carbamates (subject to hydrolysis) is 1. The largest absolute Gasteiger partial charge is 0.444 e. The van der Waals surface area contributed by atoms with Crippen molar-refractivity contribution in [2.45, 2.75) is 130 Å². The number of allylic oxidation sites excluding steroid dienone is 2. The molecule has 0 aromatic heterocycles. The summed E-state index contributed by atoms with van der Waals surface area (Å²) in [5, 5.41) is 25.7. The maximum absolute atomic E-state index is 12.6.